The standard InChI is InChI=1S/C22H34N4O3S2.CH5N/c1-22(2,3)17-14-24-19(29-17)16-30-20-15-25-21(31-20)26-18(28)10-9-12-23-11-7-5-4-6-8-13-27;1-2/h13-15,23H,4-12,16H2,1-3H3,(H,25,26,28);2H2,1H3. The summed E-state index contributed by atoms with van der Waals surface area (Å²) in [4.78, 5) is 31.0. The quantitative estimate of drug-likeness (QED) is 0.183. The van der Waals surface area contributed by atoms with Gasteiger partial charge in [0.05, 0.1) is 22.4 Å². The van der Waals surface area contributed by atoms with Crippen LogP contribution in [-0.4, -0.2) is 42.3 Å². The third-order valence-corrected chi connectivity index (χ3v) is 6.64. The van der Waals surface area contributed by atoms with Crippen LogP contribution in [0.1, 0.15) is 77.4 Å². The van der Waals surface area contributed by atoms with E-state index in [4.69, 9.17) is 4.42 Å². The molecule has 0 unspecified atom stereocenters. The summed E-state index contributed by atoms with van der Waals surface area (Å²) in [5.74, 6) is 2.20. The van der Waals surface area contributed by atoms with Gasteiger partial charge in [-0.2, -0.15) is 0 Å². The molecular formula is C23H39N5O3S2. The number of carbonyl (C=O) groups excluding carboxylic acids is 2. The van der Waals surface area contributed by atoms with E-state index in [1.807, 2.05) is 0 Å². The van der Waals surface area contributed by atoms with Gasteiger partial charge < -0.3 is 25.6 Å². The third-order valence-electron chi connectivity index (χ3n) is 4.54. The van der Waals surface area contributed by atoms with Crippen LogP contribution in [0.3, 0.4) is 0 Å². The fourth-order valence-electron chi connectivity index (χ4n) is 2.75. The minimum Gasteiger partial charge on any atom is -0.444 e. The number of nitrogens with two attached hydrogens (primary N) is 1. The van der Waals surface area contributed by atoms with Gasteiger partial charge in [0.25, 0.3) is 0 Å². The Balaban J connectivity index is 0.00000265. The highest BCUT2D eigenvalue weighted by molar-refractivity contribution is 8.00. The van der Waals surface area contributed by atoms with Crippen LogP contribution in [0.5, 0.6) is 0 Å². The monoisotopic (exact) mass is 497 g/mol. The predicted octanol–water partition coefficient (Wildman–Crippen LogP) is 4.75. The van der Waals surface area contributed by atoms with E-state index >= 15 is 0 Å². The van der Waals surface area contributed by atoms with Crippen LogP contribution in [-0.2, 0) is 20.8 Å². The van der Waals surface area contributed by atoms with Gasteiger partial charge in [0.2, 0.25) is 11.8 Å². The van der Waals surface area contributed by atoms with Crippen LogP contribution in [0.15, 0.2) is 21.0 Å². The number of anilines is 1. The molecule has 2 aromatic heterocycles. The highest BCUT2D eigenvalue weighted by atomic mass is 32.2. The topological polar surface area (TPSA) is 123 Å². The molecule has 1 amide bonds. The maximum Gasteiger partial charge on any atom is 0.226 e. The number of nitrogens with zero attached hydrogens (tertiary/aromatic N) is 2. The lowest BCUT2D eigenvalue weighted by atomic mass is 9.94. The van der Waals surface area contributed by atoms with Crippen LogP contribution in [0.25, 0.3) is 0 Å². The van der Waals surface area contributed by atoms with Crippen molar-refractivity contribution in [1.82, 2.24) is 15.3 Å². The number of hydrogen-bond acceptors (Lipinski definition) is 9. The van der Waals surface area contributed by atoms with E-state index in [9.17, 15) is 9.59 Å². The van der Waals surface area contributed by atoms with E-state index in [1.54, 1.807) is 24.2 Å². The van der Waals surface area contributed by atoms with E-state index in [-0.39, 0.29) is 11.3 Å². The highest BCUT2D eigenvalue weighted by Gasteiger charge is 2.19. The van der Waals surface area contributed by atoms with Gasteiger partial charge in [-0.25, -0.2) is 9.97 Å². The zero-order valence-electron chi connectivity index (χ0n) is 20.3. The molecule has 8 nitrogen and oxygen atoms in total. The van der Waals surface area contributed by atoms with Crippen molar-refractivity contribution in [3.05, 3.63) is 24.0 Å². The number of aromatic nitrogens is 2. The maximum atomic E-state index is 12.1. The first kappa shape index (κ1) is 29.3. The Morgan fingerprint density at radius 1 is 1.12 bits per heavy atom. The molecule has 0 aliphatic rings. The van der Waals surface area contributed by atoms with Gasteiger partial charge in [0.15, 0.2) is 5.13 Å². The van der Waals surface area contributed by atoms with Crippen LogP contribution >= 0.6 is 23.1 Å². The number of amides is 1. The van der Waals surface area contributed by atoms with Crippen molar-refractivity contribution in [1.29, 1.82) is 0 Å². The molecule has 0 radical (unpaired) electrons. The van der Waals surface area contributed by atoms with Crippen molar-refractivity contribution in [3.8, 4) is 0 Å². The summed E-state index contributed by atoms with van der Waals surface area (Å²) in [6.07, 6.45) is 10.8. The Kier molecular flexibility index (Phi) is 14.9. The van der Waals surface area contributed by atoms with Crippen molar-refractivity contribution in [2.75, 3.05) is 25.5 Å². The van der Waals surface area contributed by atoms with Crippen molar-refractivity contribution < 1.29 is 14.0 Å². The Bertz CT molecular complexity index is 802. The molecule has 10 heteroatoms. The molecule has 0 spiro atoms. The Labute approximate surface area is 205 Å². The molecule has 4 N–H and O–H groups in total. The SMILES string of the molecule is CC(C)(C)c1cnc(CSc2cnc(NC(=O)CCCNCCCCCCC=O)s2)o1.CN. The van der Waals surface area contributed by atoms with Gasteiger partial charge in [-0.3, -0.25) is 4.79 Å². The fourth-order valence-corrected chi connectivity index (χ4v) is 4.49. The summed E-state index contributed by atoms with van der Waals surface area (Å²) in [7, 11) is 1.50. The Morgan fingerprint density at radius 2 is 1.85 bits per heavy atom. The molecule has 2 aromatic rings. The number of oxazole rings is 1. The average molecular weight is 498 g/mol. The number of unbranched alkanes of at least 4 members (excludes halogenated alkanes) is 4. The van der Waals surface area contributed by atoms with Gasteiger partial charge in [0, 0.05) is 18.3 Å². The first-order chi connectivity index (χ1) is 15.9. The van der Waals surface area contributed by atoms with Crippen molar-refractivity contribution in [3.63, 3.8) is 0 Å². The predicted molar refractivity (Wildman–Crippen MR) is 137 cm³/mol. The molecule has 2 heterocycles. The molecule has 186 valence electrons. The average Bonchev–Trinajstić information content (AvgIpc) is 3.44. The van der Waals surface area contributed by atoms with E-state index < -0.39 is 0 Å². The largest absolute Gasteiger partial charge is 0.444 e. The molecule has 0 aromatic carbocycles. The van der Waals surface area contributed by atoms with Crippen molar-refractivity contribution in [2.24, 2.45) is 5.73 Å². The zero-order valence-corrected chi connectivity index (χ0v) is 21.9. The van der Waals surface area contributed by atoms with E-state index in [2.05, 4.69) is 47.1 Å². The smallest absolute Gasteiger partial charge is 0.226 e. The van der Waals surface area contributed by atoms with Gasteiger partial charge in [0.1, 0.15) is 12.0 Å². The Hall–Kier alpha value is -1.75. The number of aldehydes is 1. The summed E-state index contributed by atoms with van der Waals surface area (Å²) in [6, 6.07) is 0. The van der Waals surface area contributed by atoms with Gasteiger partial charge in [-0.05, 0) is 39.4 Å². The molecule has 2 rings (SSSR count). The molecule has 0 aliphatic heterocycles. The van der Waals surface area contributed by atoms with Crippen LogP contribution in [0, 0.1) is 0 Å². The number of nitrogens with one attached hydrogen (secondary N) is 2. The normalized spacial score (nSPS) is 11.1. The summed E-state index contributed by atoms with van der Waals surface area (Å²) < 4.78 is 6.82. The lowest BCUT2D eigenvalue weighted by molar-refractivity contribution is -0.116. The van der Waals surface area contributed by atoms with Crippen LogP contribution in [0.4, 0.5) is 5.13 Å². The van der Waals surface area contributed by atoms with Crippen LogP contribution < -0.4 is 16.4 Å². The number of carbonyl (C=O) groups is 2. The van der Waals surface area contributed by atoms with Crippen molar-refractivity contribution >= 4 is 40.4 Å². The van der Waals surface area contributed by atoms with E-state index in [0.717, 1.165) is 61.4 Å². The number of thioether (sulfide) groups is 1. The van der Waals surface area contributed by atoms with Gasteiger partial charge in [-0.15, -0.1) is 11.8 Å². The zero-order chi connectivity index (χ0) is 24.5. The summed E-state index contributed by atoms with van der Waals surface area (Å²) in [6.45, 7) is 8.07. The third kappa shape index (κ3) is 12.9. The summed E-state index contributed by atoms with van der Waals surface area (Å²) >= 11 is 3.07. The molecule has 0 fully saturated rings. The maximum absolute atomic E-state index is 12.1. The van der Waals surface area contributed by atoms with Gasteiger partial charge in [-0.1, -0.05) is 44.9 Å². The molecule has 0 saturated heterocycles. The molecule has 0 atom stereocenters. The number of rotatable bonds is 15. The van der Waals surface area contributed by atoms with Crippen molar-refractivity contribution in [2.45, 2.75) is 81.1 Å². The first-order valence-electron chi connectivity index (χ1n) is 11.4. The molecule has 0 saturated carbocycles. The second-order valence-electron chi connectivity index (χ2n) is 8.41. The molecule has 33 heavy (non-hydrogen) atoms. The highest BCUT2D eigenvalue weighted by Crippen LogP contribution is 2.31. The second-order valence-corrected chi connectivity index (χ2v) is 10.7. The molecule has 0 bridgehead atoms. The lowest BCUT2D eigenvalue weighted by Crippen LogP contribution is -2.19. The minimum absolute atomic E-state index is 0.0101. The molecular weight excluding hydrogens is 458 g/mol. The van der Waals surface area contributed by atoms with Gasteiger partial charge >= 0.3 is 0 Å². The lowest BCUT2D eigenvalue weighted by Gasteiger charge is -2.12. The summed E-state index contributed by atoms with van der Waals surface area (Å²) in [5.41, 5.74) is 4.45. The van der Waals surface area contributed by atoms with Crippen LogP contribution in [0.2, 0.25) is 0 Å². The minimum atomic E-state index is -0.0505. The number of hydrogen-bond donors (Lipinski definition) is 3. The first-order valence-corrected chi connectivity index (χ1v) is 13.2. The summed E-state index contributed by atoms with van der Waals surface area (Å²) in [5, 5.41) is 6.86. The second kappa shape index (κ2) is 16.8. The van der Waals surface area contributed by atoms with E-state index in [1.165, 1.54) is 18.4 Å². The molecule has 0 aliphatic carbocycles. The Morgan fingerprint density at radius 3 is 2.55 bits per heavy atom. The fraction of sp³-hybridized carbons (Fsp3) is 0.652. The van der Waals surface area contributed by atoms with E-state index in [0.29, 0.717) is 29.6 Å². The number of thiazole rings is 1.